The van der Waals surface area contributed by atoms with Crippen LogP contribution < -0.4 is 5.73 Å². The Morgan fingerprint density at radius 2 is 2.29 bits per heavy atom. The first-order valence-electron chi connectivity index (χ1n) is 5.63. The Hall–Kier alpha value is -0.650. The minimum Gasteiger partial charge on any atom is -0.324 e. The van der Waals surface area contributed by atoms with Crippen LogP contribution in [-0.2, 0) is 13.0 Å². The molecular weight excluding hydrogens is 298 g/mol. The molecule has 0 fully saturated rings. The van der Waals surface area contributed by atoms with Crippen molar-refractivity contribution in [3.8, 4) is 0 Å². The first-order chi connectivity index (χ1) is 8.10. The standard InChI is InChI=1S/C12H16BrN3S/c1-3-16-10(4-8(2)15-16)6-11(14)9-5-12(13)17-7-9/h4-5,7,11H,3,6,14H2,1-2H3. The van der Waals surface area contributed by atoms with Crippen LogP contribution in [0.2, 0.25) is 0 Å². The molecule has 0 aliphatic carbocycles. The fourth-order valence-electron chi connectivity index (χ4n) is 1.90. The summed E-state index contributed by atoms with van der Waals surface area (Å²) in [5, 5.41) is 6.54. The first kappa shape index (κ1) is 12.8. The Labute approximate surface area is 114 Å². The minimum absolute atomic E-state index is 0.0407. The van der Waals surface area contributed by atoms with Gasteiger partial charge in [-0.3, -0.25) is 4.68 Å². The van der Waals surface area contributed by atoms with E-state index in [0.29, 0.717) is 0 Å². The second-order valence-electron chi connectivity index (χ2n) is 4.09. The van der Waals surface area contributed by atoms with Crippen molar-refractivity contribution in [2.75, 3.05) is 0 Å². The topological polar surface area (TPSA) is 43.8 Å². The molecule has 17 heavy (non-hydrogen) atoms. The van der Waals surface area contributed by atoms with Gasteiger partial charge in [0.1, 0.15) is 0 Å². The van der Waals surface area contributed by atoms with Gasteiger partial charge in [-0.15, -0.1) is 11.3 Å². The molecule has 2 aromatic rings. The predicted octanol–water partition coefficient (Wildman–Crippen LogP) is 3.28. The molecule has 0 aliphatic heterocycles. The fourth-order valence-corrected chi connectivity index (χ4v) is 3.14. The summed E-state index contributed by atoms with van der Waals surface area (Å²) in [4.78, 5) is 0. The van der Waals surface area contributed by atoms with Crippen LogP contribution in [0.25, 0.3) is 0 Å². The highest BCUT2D eigenvalue weighted by atomic mass is 79.9. The number of hydrogen-bond donors (Lipinski definition) is 1. The molecule has 0 amide bonds. The summed E-state index contributed by atoms with van der Waals surface area (Å²) in [7, 11) is 0. The van der Waals surface area contributed by atoms with Gasteiger partial charge in [-0.1, -0.05) is 0 Å². The second-order valence-corrected chi connectivity index (χ2v) is 6.38. The molecule has 0 radical (unpaired) electrons. The summed E-state index contributed by atoms with van der Waals surface area (Å²) in [5.74, 6) is 0. The van der Waals surface area contributed by atoms with Crippen molar-refractivity contribution in [3.63, 3.8) is 0 Å². The van der Waals surface area contributed by atoms with Gasteiger partial charge in [0.05, 0.1) is 9.48 Å². The minimum atomic E-state index is 0.0407. The van der Waals surface area contributed by atoms with Crippen molar-refractivity contribution >= 4 is 27.3 Å². The number of thiophene rings is 1. The smallest absolute Gasteiger partial charge is 0.0701 e. The highest BCUT2D eigenvalue weighted by molar-refractivity contribution is 9.11. The lowest BCUT2D eigenvalue weighted by atomic mass is 10.1. The van der Waals surface area contributed by atoms with Gasteiger partial charge in [-0.25, -0.2) is 0 Å². The van der Waals surface area contributed by atoms with Gasteiger partial charge in [0.25, 0.3) is 0 Å². The van der Waals surface area contributed by atoms with Crippen LogP contribution in [0, 0.1) is 6.92 Å². The van der Waals surface area contributed by atoms with Crippen molar-refractivity contribution in [2.45, 2.75) is 32.9 Å². The van der Waals surface area contributed by atoms with E-state index in [1.165, 1.54) is 11.3 Å². The predicted molar refractivity (Wildman–Crippen MR) is 75.3 cm³/mol. The Morgan fingerprint density at radius 1 is 1.53 bits per heavy atom. The van der Waals surface area contributed by atoms with Gasteiger partial charge in [0.15, 0.2) is 0 Å². The van der Waals surface area contributed by atoms with E-state index in [1.54, 1.807) is 11.3 Å². The molecule has 2 aromatic heterocycles. The lowest BCUT2D eigenvalue weighted by molar-refractivity contribution is 0.588. The summed E-state index contributed by atoms with van der Waals surface area (Å²) in [6.45, 7) is 5.01. The molecule has 1 atom stereocenters. The van der Waals surface area contributed by atoms with Gasteiger partial charge in [0.2, 0.25) is 0 Å². The zero-order valence-electron chi connectivity index (χ0n) is 9.98. The molecule has 92 valence electrons. The van der Waals surface area contributed by atoms with Gasteiger partial charge in [0, 0.05) is 24.7 Å². The maximum Gasteiger partial charge on any atom is 0.0701 e. The van der Waals surface area contributed by atoms with Gasteiger partial charge in [-0.05, 0) is 52.9 Å². The zero-order chi connectivity index (χ0) is 12.4. The molecular formula is C12H16BrN3S. The fraction of sp³-hybridized carbons (Fsp3) is 0.417. The molecule has 0 saturated carbocycles. The van der Waals surface area contributed by atoms with Gasteiger partial charge in [-0.2, -0.15) is 5.10 Å². The SMILES string of the molecule is CCn1nc(C)cc1CC(N)c1csc(Br)c1. The van der Waals surface area contributed by atoms with Gasteiger partial charge < -0.3 is 5.73 Å². The van der Waals surface area contributed by atoms with E-state index < -0.39 is 0 Å². The van der Waals surface area contributed by atoms with Crippen molar-refractivity contribution in [2.24, 2.45) is 5.73 Å². The second kappa shape index (κ2) is 5.33. The van der Waals surface area contributed by atoms with Crippen LogP contribution in [0.5, 0.6) is 0 Å². The highest BCUT2D eigenvalue weighted by Crippen LogP contribution is 2.26. The largest absolute Gasteiger partial charge is 0.324 e. The lowest BCUT2D eigenvalue weighted by Crippen LogP contribution is -2.15. The maximum absolute atomic E-state index is 6.22. The lowest BCUT2D eigenvalue weighted by Gasteiger charge is -2.10. The quantitative estimate of drug-likeness (QED) is 0.941. The molecule has 0 saturated heterocycles. The van der Waals surface area contributed by atoms with Crippen molar-refractivity contribution in [1.82, 2.24) is 9.78 Å². The third kappa shape index (κ3) is 2.97. The average Bonchev–Trinajstić information content (AvgIpc) is 2.85. The Balaban J connectivity index is 2.14. The molecule has 2 N–H and O–H groups in total. The van der Waals surface area contributed by atoms with Crippen molar-refractivity contribution < 1.29 is 0 Å². The Bertz CT molecular complexity index is 504. The third-order valence-electron chi connectivity index (χ3n) is 2.73. The number of hydrogen-bond acceptors (Lipinski definition) is 3. The van der Waals surface area contributed by atoms with Crippen LogP contribution in [0.3, 0.4) is 0 Å². The first-order valence-corrected chi connectivity index (χ1v) is 7.30. The van der Waals surface area contributed by atoms with E-state index in [9.17, 15) is 0 Å². The molecule has 0 spiro atoms. The van der Waals surface area contributed by atoms with Crippen LogP contribution in [0.1, 0.15) is 29.9 Å². The third-order valence-corrected chi connectivity index (χ3v) is 4.25. The maximum atomic E-state index is 6.22. The van der Waals surface area contributed by atoms with E-state index in [1.807, 2.05) is 11.6 Å². The zero-order valence-corrected chi connectivity index (χ0v) is 12.4. The summed E-state index contributed by atoms with van der Waals surface area (Å²) in [5.41, 5.74) is 9.67. The van der Waals surface area contributed by atoms with Crippen molar-refractivity contribution in [1.29, 1.82) is 0 Å². The Morgan fingerprint density at radius 3 is 2.88 bits per heavy atom. The average molecular weight is 314 g/mol. The Kier molecular flexibility index (Phi) is 4.01. The van der Waals surface area contributed by atoms with E-state index >= 15 is 0 Å². The highest BCUT2D eigenvalue weighted by Gasteiger charge is 2.12. The molecule has 2 rings (SSSR count). The normalized spacial score (nSPS) is 12.9. The molecule has 0 aliphatic rings. The number of aryl methyl sites for hydroxylation is 2. The van der Waals surface area contributed by atoms with Crippen molar-refractivity contribution in [3.05, 3.63) is 38.3 Å². The molecule has 1 unspecified atom stereocenters. The molecule has 0 aromatic carbocycles. The van der Waals surface area contributed by atoms with Crippen LogP contribution in [0.4, 0.5) is 0 Å². The molecule has 2 heterocycles. The molecule has 5 heteroatoms. The van der Waals surface area contributed by atoms with E-state index in [4.69, 9.17) is 5.73 Å². The summed E-state index contributed by atoms with van der Waals surface area (Å²) >= 11 is 5.14. The number of nitrogens with two attached hydrogens (primary N) is 1. The molecule has 0 bridgehead atoms. The van der Waals surface area contributed by atoms with Gasteiger partial charge >= 0.3 is 0 Å². The number of rotatable bonds is 4. The summed E-state index contributed by atoms with van der Waals surface area (Å²) in [6, 6.07) is 4.25. The molecule has 3 nitrogen and oxygen atoms in total. The number of nitrogens with zero attached hydrogens (tertiary/aromatic N) is 2. The van der Waals surface area contributed by atoms with E-state index in [0.717, 1.165) is 22.4 Å². The number of halogens is 1. The van der Waals surface area contributed by atoms with E-state index in [-0.39, 0.29) is 6.04 Å². The van der Waals surface area contributed by atoms with Crippen LogP contribution >= 0.6 is 27.3 Å². The van der Waals surface area contributed by atoms with Crippen LogP contribution in [0.15, 0.2) is 21.3 Å². The number of aromatic nitrogens is 2. The van der Waals surface area contributed by atoms with Crippen LogP contribution in [-0.4, -0.2) is 9.78 Å². The monoisotopic (exact) mass is 313 g/mol. The summed E-state index contributed by atoms with van der Waals surface area (Å²) < 4.78 is 3.15. The summed E-state index contributed by atoms with van der Waals surface area (Å²) in [6.07, 6.45) is 0.831. The van der Waals surface area contributed by atoms with E-state index in [2.05, 4.69) is 45.5 Å².